The zero-order chi connectivity index (χ0) is 16.6. The lowest BCUT2D eigenvalue weighted by Crippen LogP contribution is -2.48. The lowest BCUT2D eigenvalue weighted by Gasteiger charge is -2.33. The number of rotatable bonds is 2. The van der Waals surface area contributed by atoms with E-state index < -0.39 is 23.3 Å². The molecule has 5 heteroatoms. The normalized spacial score (nSPS) is 19.7. The molecule has 1 N–H and O–H groups in total. The summed E-state index contributed by atoms with van der Waals surface area (Å²) in [7, 11) is 0. The summed E-state index contributed by atoms with van der Waals surface area (Å²) in [6.07, 6.45) is 0.275. The highest BCUT2D eigenvalue weighted by molar-refractivity contribution is 6.02. The van der Waals surface area contributed by atoms with Gasteiger partial charge in [-0.2, -0.15) is 0 Å². The number of hydrogen-bond donors (Lipinski definition) is 1. The largest absolute Gasteiger partial charge is 0.445 e. The summed E-state index contributed by atoms with van der Waals surface area (Å²) in [5.74, 6) is -1.46. The molecule has 23 heavy (non-hydrogen) atoms. The fraction of sp³-hybridized carbons (Fsp3) is 0.222. The van der Waals surface area contributed by atoms with Crippen molar-refractivity contribution in [3.8, 4) is 0 Å². The molecular weight excluding hydrogens is 297 g/mol. The van der Waals surface area contributed by atoms with Gasteiger partial charge in [0.05, 0.1) is 5.56 Å². The Bertz CT molecular complexity index is 803. The van der Waals surface area contributed by atoms with Crippen molar-refractivity contribution in [3.63, 3.8) is 0 Å². The summed E-state index contributed by atoms with van der Waals surface area (Å²) in [5.41, 5.74) is 1.25. The topological polar surface area (TPSA) is 55.4 Å². The number of nitrogens with one attached hydrogen (secondary N) is 1. The van der Waals surface area contributed by atoms with E-state index in [0.717, 1.165) is 11.1 Å². The molecular formula is C18H16FNO3. The number of anilines is 1. The van der Waals surface area contributed by atoms with Crippen LogP contribution in [0.2, 0.25) is 0 Å². The number of hydrogen-bond acceptors (Lipinski definition) is 3. The van der Waals surface area contributed by atoms with Gasteiger partial charge in [0.2, 0.25) is 0 Å². The Hall–Kier alpha value is -2.69. The minimum Gasteiger partial charge on any atom is -0.445 e. The third-order valence-electron chi connectivity index (χ3n) is 3.89. The summed E-state index contributed by atoms with van der Waals surface area (Å²) in [6.45, 7) is 3.48. The molecule has 1 heterocycles. The summed E-state index contributed by atoms with van der Waals surface area (Å²) < 4.78 is 18.6. The average molecular weight is 313 g/mol. The Labute approximate surface area is 133 Å². The van der Waals surface area contributed by atoms with E-state index in [1.165, 1.54) is 18.2 Å². The lowest BCUT2D eigenvalue weighted by molar-refractivity contribution is -0.134. The van der Waals surface area contributed by atoms with Crippen LogP contribution in [0, 0.1) is 12.7 Å². The van der Waals surface area contributed by atoms with Crippen molar-refractivity contribution in [2.75, 3.05) is 5.32 Å². The van der Waals surface area contributed by atoms with Gasteiger partial charge in [-0.3, -0.25) is 4.79 Å². The number of ether oxygens (including phenoxy) is 1. The van der Waals surface area contributed by atoms with Gasteiger partial charge in [-0.05, 0) is 43.7 Å². The molecule has 2 aromatic rings. The van der Waals surface area contributed by atoms with Crippen LogP contribution in [0.15, 0.2) is 42.5 Å². The quantitative estimate of drug-likeness (QED) is 0.866. The van der Waals surface area contributed by atoms with E-state index in [2.05, 4.69) is 5.32 Å². The third kappa shape index (κ3) is 2.95. The maximum absolute atomic E-state index is 13.2. The highest BCUT2D eigenvalue weighted by Gasteiger charge is 2.42. The highest BCUT2D eigenvalue weighted by Crippen LogP contribution is 2.30. The van der Waals surface area contributed by atoms with Crippen LogP contribution in [-0.4, -0.2) is 17.5 Å². The first-order valence-electron chi connectivity index (χ1n) is 7.27. The first kappa shape index (κ1) is 15.2. The van der Waals surface area contributed by atoms with Gasteiger partial charge in [0, 0.05) is 12.1 Å². The van der Waals surface area contributed by atoms with Crippen LogP contribution in [0.5, 0.6) is 0 Å². The van der Waals surface area contributed by atoms with Crippen molar-refractivity contribution in [1.82, 2.24) is 0 Å². The van der Waals surface area contributed by atoms with E-state index in [-0.39, 0.29) is 6.42 Å². The Morgan fingerprint density at radius 1 is 1.26 bits per heavy atom. The number of aryl methyl sites for hydroxylation is 1. The Morgan fingerprint density at radius 2 is 2.04 bits per heavy atom. The number of esters is 1. The lowest BCUT2D eigenvalue weighted by atomic mass is 9.88. The Balaban J connectivity index is 1.87. The van der Waals surface area contributed by atoms with Crippen LogP contribution >= 0.6 is 0 Å². The van der Waals surface area contributed by atoms with Crippen LogP contribution < -0.4 is 5.32 Å². The van der Waals surface area contributed by atoms with Crippen molar-refractivity contribution in [2.45, 2.75) is 25.9 Å². The number of carbonyl (C=O) groups is 2. The molecule has 0 saturated carbocycles. The van der Waals surface area contributed by atoms with E-state index in [1.807, 2.05) is 19.1 Å². The molecule has 1 aliphatic rings. The summed E-state index contributed by atoms with van der Waals surface area (Å²) in [5, 5.41) is 2.60. The molecule has 3 rings (SSSR count). The van der Waals surface area contributed by atoms with Crippen LogP contribution in [0.4, 0.5) is 10.1 Å². The molecule has 118 valence electrons. The second kappa shape index (κ2) is 5.50. The predicted octanol–water partition coefficient (Wildman–Crippen LogP) is 3.24. The number of cyclic esters (lactones) is 1. The predicted molar refractivity (Wildman–Crippen MR) is 83.7 cm³/mol. The second-order valence-corrected chi connectivity index (χ2v) is 5.92. The van der Waals surface area contributed by atoms with E-state index in [4.69, 9.17) is 4.74 Å². The summed E-state index contributed by atoms with van der Waals surface area (Å²) >= 11 is 0. The Kier molecular flexibility index (Phi) is 3.64. The van der Waals surface area contributed by atoms with Gasteiger partial charge >= 0.3 is 5.97 Å². The SMILES string of the molecule is Cc1ccc2c(c1)CC(C)(C(=O)Nc1cccc(F)c1)OC2=O. The van der Waals surface area contributed by atoms with Crippen LogP contribution in [0.3, 0.4) is 0 Å². The van der Waals surface area contributed by atoms with Gasteiger partial charge < -0.3 is 10.1 Å². The van der Waals surface area contributed by atoms with Gasteiger partial charge in [-0.25, -0.2) is 9.18 Å². The van der Waals surface area contributed by atoms with Crippen LogP contribution in [-0.2, 0) is 16.0 Å². The molecule has 0 bridgehead atoms. The van der Waals surface area contributed by atoms with E-state index in [9.17, 15) is 14.0 Å². The molecule has 0 radical (unpaired) electrons. The molecule has 1 unspecified atom stereocenters. The molecule has 0 fully saturated rings. The third-order valence-corrected chi connectivity index (χ3v) is 3.89. The van der Waals surface area contributed by atoms with Crippen LogP contribution in [0.1, 0.15) is 28.4 Å². The van der Waals surface area contributed by atoms with Crippen LogP contribution in [0.25, 0.3) is 0 Å². The fourth-order valence-corrected chi connectivity index (χ4v) is 2.68. The van der Waals surface area contributed by atoms with Gasteiger partial charge in [0.25, 0.3) is 5.91 Å². The number of amides is 1. The minimum atomic E-state index is -1.33. The Morgan fingerprint density at radius 3 is 2.78 bits per heavy atom. The minimum absolute atomic E-state index is 0.275. The zero-order valence-electron chi connectivity index (χ0n) is 12.9. The molecule has 0 saturated heterocycles. The van der Waals surface area contributed by atoms with Gasteiger partial charge in [-0.1, -0.05) is 23.8 Å². The van der Waals surface area contributed by atoms with Gasteiger partial charge in [-0.15, -0.1) is 0 Å². The molecule has 0 spiro atoms. The average Bonchev–Trinajstić information content (AvgIpc) is 2.46. The summed E-state index contributed by atoms with van der Waals surface area (Å²) in [6, 6.07) is 11.0. The zero-order valence-corrected chi connectivity index (χ0v) is 12.9. The number of carbonyl (C=O) groups excluding carboxylic acids is 2. The number of benzene rings is 2. The van der Waals surface area contributed by atoms with Crippen molar-refractivity contribution < 1.29 is 18.7 Å². The molecule has 0 aromatic heterocycles. The number of fused-ring (bicyclic) bond motifs is 1. The smallest absolute Gasteiger partial charge is 0.339 e. The van der Waals surface area contributed by atoms with Crippen molar-refractivity contribution in [2.24, 2.45) is 0 Å². The molecule has 0 aliphatic carbocycles. The van der Waals surface area contributed by atoms with E-state index in [1.54, 1.807) is 19.1 Å². The first-order valence-corrected chi connectivity index (χ1v) is 7.27. The molecule has 4 nitrogen and oxygen atoms in total. The van der Waals surface area contributed by atoms with Crippen molar-refractivity contribution in [3.05, 3.63) is 65.0 Å². The fourth-order valence-electron chi connectivity index (χ4n) is 2.68. The van der Waals surface area contributed by atoms with Gasteiger partial charge in [0.1, 0.15) is 5.82 Å². The molecule has 1 amide bonds. The first-order chi connectivity index (χ1) is 10.9. The highest BCUT2D eigenvalue weighted by atomic mass is 19.1. The maximum atomic E-state index is 13.2. The number of halogens is 1. The maximum Gasteiger partial charge on any atom is 0.339 e. The monoisotopic (exact) mass is 313 g/mol. The van der Waals surface area contributed by atoms with Crippen molar-refractivity contribution >= 4 is 17.6 Å². The molecule has 1 atom stereocenters. The summed E-state index contributed by atoms with van der Waals surface area (Å²) in [4.78, 5) is 24.7. The van der Waals surface area contributed by atoms with E-state index >= 15 is 0 Å². The van der Waals surface area contributed by atoms with Crippen molar-refractivity contribution in [1.29, 1.82) is 0 Å². The van der Waals surface area contributed by atoms with Gasteiger partial charge in [0.15, 0.2) is 5.60 Å². The second-order valence-electron chi connectivity index (χ2n) is 5.92. The molecule has 1 aliphatic heterocycles. The van der Waals surface area contributed by atoms with E-state index in [0.29, 0.717) is 11.3 Å². The molecule has 2 aromatic carbocycles. The standard InChI is InChI=1S/C18H16FNO3/c1-11-6-7-15-12(8-11)10-18(2,23-16(15)21)17(22)20-14-5-3-4-13(19)9-14/h3-9H,10H2,1-2H3,(H,20,22).